The minimum atomic E-state index is 0.154. The maximum Gasteiger partial charge on any atom is 0.161 e. The van der Waals surface area contributed by atoms with Crippen LogP contribution in [0.4, 0.5) is 5.69 Å². The average Bonchev–Trinajstić information content (AvgIpc) is 2.96. The summed E-state index contributed by atoms with van der Waals surface area (Å²) in [6, 6.07) is 19.2. The number of anilines is 1. The molecule has 5 rings (SSSR count). The van der Waals surface area contributed by atoms with Crippen molar-refractivity contribution in [2.24, 2.45) is 0 Å². The lowest BCUT2D eigenvalue weighted by molar-refractivity contribution is 0.111. The number of nitriles is 1. The normalized spacial score (nSPS) is 11.9. The number of rotatable bonds is 8. The lowest BCUT2D eigenvalue weighted by Gasteiger charge is -2.20. The van der Waals surface area contributed by atoms with Crippen LogP contribution in [0, 0.1) is 18.3 Å². The highest BCUT2D eigenvalue weighted by molar-refractivity contribution is 6.33. The van der Waals surface area contributed by atoms with E-state index < -0.39 is 0 Å². The van der Waals surface area contributed by atoms with Gasteiger partial charge in [-0.15, -0.1) is 0 Å². The predicted molar refractivity (Wildman–Crippen MR) is 145 cm³/mol. The molecule has 0 saturated carbocycles. The molecular weight excluding hydrogens is 502 g/mol. The number of pyridine rings is 1. The summed E-state index contributed by atoms with van der Waals surface area (Å²) in [6.45, 7) is 3.84. The Morgan fingerprint density at radius 2 is 1.95 bits per heavy atom. The van der Waals surface area contributed by atoms with Crippen LogP contribution in [0.25, 0.3) is 11.1 Å². The Morgan fingerprint density at radius 3 is 2.76 bits per heavy atom. The van der Waals surface area contributed by atoms with Crippen LogP contribution >= 0.6 is 11.6 Å². The summed E-state index contributed by atoms with van der Waals surface area (Å²) in [7, 11) is 0. The van der Waals surface area contributed by atoms with Crippen molar-refractivity contribution in [3.05, 3.63) is 99.8 Å². The molecule has 0 amide bonds. The molecule has 0 bridgehead atoms. The van der Waals surface area contributed by atoms with E-state index in [1.54, 1.807) is 24.4 Å². The van der Waals surface area contributed by atoms with Crippen molar-refractivity contribution in [1.82, 2.24) is 4.98 Å². The van der Waals surface area contributed by atoms with Crippen LogP contribution in [0.3, 0.4) is 0 Å². The Balaban J connectivity index is 1.35. The largest absolute Gasteiger partial charge is 0.488 e. The monoisotopic (exact) mass is 525 g/mol. The molecule has 8 heteroatoms. The first-order chi connectivity index (χ1) is 18.6. The van der Waals surface area contributed by atoms with Gasteiger partial charge in [0.05, 0.1) is 21.8 Å². The summed E-state index contributed by atoms with van der Waals surface area (Å²) in [6.07, 6.45) is 3.80. The van der Waals surface area contributed by atoms with E-state index in [-0.39, 0.29) is 6.61 Å². The lowest BCUT2D eigenvalue weighted by Crippen LogP contribution is -2.15. The standard InChI is InChI=1S/C30H24ClN3O4/c1-19-23(3-2-4-25(19)22-5-6-28-30(11-22)37-8-7-36-28)16-34-27-12-29(24(17-35)10-26(27)31)38-18-21-9-20(13-32)14-33-15-21/h2-6,9-12,14-15,17,34H,7-8,16,18H2,1H3. The summed E-state index contributed by atoms with van der Waals surface area (Å²) in [5, 5.41) is 12.9. The Hall–Kier alpha value is -4.54. The fourth-order valence-corrected chi connectivity index (χ4v) is 4.54. The maximum atomic E-state index is 11.7. The van der Waals surface area contributed by atoms with E-state index in [1.165, 1.54) is 6.20 Å². The van der Waals surface area contributed by atoms with E-state index in [0.29, 0.717) is 53.6 Å². The van der Waals surface area contributed by atoms with Gasteiger partial charge < -0.3 is 19.5 Å². The van der Waals surface area contributed by atoms with Crippen molar-refractivity contribution >= 4 is 23.6 Å². The highest BCUT2D eigenvalue weighted by Crippen LogP contribution is 2.36. The molecule has 38 heavy (non-hydrogen) atoms. The van der Waals surface area contributed by atoms with Crippen LogP contribution in [0.15, 0.2) is 67.0 Å². The molecule has 0 fully saturated rings. The van der Waals surface area contributed by atoms with Crippen molar-refractivity contribution in [3.8, 4) is 34.4 Å². The zero-order valence-electron chi connectivity index (χ0n) is 20.7. The zero-order valence-corrected chi connectivity index (χ0v) is 21.4. The Bertz CT molecular complexity index is 1550. The molecular formula is C30H24ClN3O4. The van der Waals surface area contributed by atoms with Crippen LogP contribution < -0.4 is 19.5 Å². The molecule has 0 aliphatic carbocycles. The van der Waals surface area contributed by atoms with Gasteiger partial charge in [-0.1, -0.05) is 35.9 Å². The lowest BCUT2D eigenvalue weighted by atomic mass is 9.96. The number of benzene rings is 3. The second-order valence-corrected chi connectivity index (χ2v) is 9.18. The number of fused-ring (bicyclic) bond motifs is 1. The Labute approximate surface area is 225 Å². The first-order valence-corrected chi connectivity index (χ1v) is 12.4. The molecule has 0 saturated heterocycles. The molecule has 0 radical (unpaired) electrons. The maximum absolute atomic E-state index is 11.7. The van der Waals surface area contributed by atoms with Crippen molar-refractivity contribution in [1.29, 1.82) is 5.26 Å². The van der Waals surface area contributed by atoms with E-state index in [4.69, 9.17) is 31.1 Å². The molecule has 4 aromatic rings. The first-order valence-electron chi connectivity index (χ1n) is 12.0. The average molecular weight is 526 g/mol. The summed E-state index contributed by atoms with van der Waals surface area (Å²) < 4.78 is 17.3. The number of nitrogens with zero attached hydrogens (tertiary/aromatic N) is 2. The van der Waals surface area contributed by atoms with Crippen LogP contribution in [0.2, 0.25) is 5.02 Å². The molecule has 0 atom stereocenters. The van der Waals surface area contributed by atoms with Gasteiger partial charge in [0.25, 0.3) is 0 Å². The highest BCUT2D eigenvalue weighted by atomic mass is 35.5. The molecule has 7 nitrogen and oxygen atoms in total. The smallest absolute Gasteiger partial charge is 0.161 e. The van der Waals surface area contributed by atoms with Crippen molar-refractivity contribution in [2.45, 2.75) is 20.1 Å². The van der Waals surface area contributed by atoms with Gasteiger partial charge in [-0.05, 0) is 53.4 Å². The minimum absolute atomic E-state index is 0.154. The third-order valence-electron chi connectivity index (χ3n) is 6.31. The molecule has 1 N–H and O–H groups in total. The van der Waals surface area contributed by atoms with E-state index in [2.05, 4.69) is 35.4 Å². The zero-order chi connectivity index (χ0) is 26.5. The second-order valence-electron chi connectivity index (χ2n) is 8.77. The van der Waals surface area contributed by atoms with Crippen molar-refractivity contribution in [2.75, 3.05) is 18.5 Å². The summed E-state index contributed by atoms with van der Waals surface area (Å²) >= 11 is 6.49. The summed E-state index contributed by atoms with van der Waals surface area (Å²) in [4.78, 5) is 15.7. The predicted octanol–water partition coefficient (Wildman–Crippen LogP) is 6.36. The van der Waals surface area contributed by atoms with Gasteiger partial charge >= 0.3 is 0 Å². The van der Waals surface area contributed by atoms with Crippen LogP contribution in [0.1, 0.15) is 32.6 Å². The molecule has 1 aliphatic rings. The quantitative estimate of drug-likeness (QED) is 0.268. The number of hydrogen-bond donors (Lipinski definition) is 1. The number of nitrogens with one attached hydrogen (secondary N) is 1. The molecule has 0 unspecified atom stereocenters. The van der Waals surface area contributed by atoms with Gasteiger partial charge in [0.15, 0.2) is 17.8 Å². The second kappa shape index (κ2) is 11.2. The number of hydrogen-bond acceptors (Lipinski definition) is 7. The van der Waals surface area contributed by atoms with Gasteiger partial charge in [-0.2, -0.15) is 5.26 Å². The van der Waals surface area contributed by atoms with Crippen LogP contribution in [0.5, 0.6) is 17.2 Å². The molecule has 190 valence electrons. The molecule has 1 aromatic heterocycles. The highest BCUT2D eigenvalue weighted by Gasteiger charge is 2.15. The van der Waals surface area contributed by atoms with Gasteiger partial charge in [0.1, 0.15) is 31.6 Å². The van der Waals surface area contributed by atoms with Gasteiger partial charge in [0.2, 0.25) is 0 Å². The molecule has 2 heterocycles. The van der Waals surface area contributed by atoms with Crippen molar-refractivity contribution < 1.29 is 19.0 Å². The fourth-order valence-electron chi connectivity index (χ4n) is 4.30. The number of halogens is 1. The number of aldehydes is 1. The number of carbonyl (C=O) groups excluding carboxylic acids is 1. The molecule has 3 aromatic carbocycles. The SMILES string of the molecule is Cc1c(CNc2cc(OCc3cncc(C#N)c3)c(C=O)cc2Cl)cccc1-c1ccc2c(c1)OCCO2. The van der Waals surface area contributed by atoms with Crippen molar-refractivity contribution in [3.63, 3.8) is 0 Å². The molecule has 0 spiro atoms. The first kappa shape index (κ1) is 25.1. The van der Waals surface area contributed by atoms with Crippen LogP contribution in [-0.4, -0.2) is 24.5 Å². The Morgan fingerprint density at radius 1 is 1.11 bits per heavy atom. The summed E-state index contributed by atoms with van der Waals surface area (Å²) in [5.41, 5.74) is 6.50. The number of carbonyl (C=O) groups is 1. The van der Waals surface area contributed by atoms with E-state index >= 15 is 0 Å². The summed E-state index contributed by atoms with van der Waals surface area (Å²) in [5.74, 6) is 1.90. The third kappa shape index (κ3) is 5.41. The van der Waals surface area contributed by atoms with E-state index in [9.17, 15) is 4.79 Å². The third-order valence-corrected chi connectivity index (χ3v) is 6.63. The molecule has 1 aliphatic heterocycles. The van der Waals surface area contributed by atoms with Gasteiger partial charge in [0, 0.05) is 30.6 Å². The van der Waals surface area contributed by atoms with E-state index in [1.807, 2.05) is 24.3 Å². The minimum Gasteiger partial charge on any atom is -0.488 e. The van der Waals surface area contributed by atoms with Gasteiger partial charge in [-0.3, -0.25) is 9.78 Å². The van der Waals surface area contributed by atoms with E-state index in [0.717, 1.165) is 39.3 Å². The number of ether oxygens (including phenoxy) is 3. The Kier molecular flexibility index (Phi) is 7.43. The number of aromatic nitrogens is 1. The van der Waals surface area contributed by atoms with Crippen LogP contribution in [-0.2, 0) is 13.2 Å². The van der Waals surface area contributed by atoms with Gasteiger partial charge in [-0.25, -0.2) is 0 Å². The fraction of sp³-hybridized carbons (Fsp3) is 0.167. The topological polar surface area (TPSA) is 93.5 Å².